The molecule has 1 N–H and O–H groups in total. The van der Waals surface area contributed by atoms with Crippen molar-refractivity contribution < 1.29 is 0 Å². The third-order valence-electron chi connectivity index (χ3n) is 2.97. The second-order valence-electron chi connectivity index (χ2n) is 5.78. The molecule has 1 heterocycles. The van der Waals surface area contributed by atoms with Crippen molar-refractivity contribution in [3.8, 4) is 0 Å². The standard InChI is InChI=1S/C15H19Cl2N3/c1-15(2,3)18-9-11-7-8-19-20(11)10-12-13(16)5-4-6-14(12)17/h4-8,18H,9-10H2,1-3H3. The van der Waals surface area contributed by atoms with Gasteiger partial charge in [-0.15, -0.1) is 0 Å². The molecule has 0 spiro atoms. The van der Waals surface area contributed by atoms with E-state index >= 15 is 0 Å². The van der Waals surface area contributed by atoms with Crippen LogP contribution in [0.2, 0.25) is 10.0 Å². The molecule has 0 bridgehead atoms. The molecule has 3 nitrogen and oxygen atoms in total. The number of halogens is 2. The minimum atomic E-state index is 0.0666. The van der Waals surface area contributed by atoms with Crippen LogP contribution in [0.1, 0.15) is 32.0 Å². The highest BCUT2D eigenvalue weighted by Crippen LogP contribution is 2.25. The van der Waals surface area contributed by atoms with Crippen LogP contribution in [0.4, 0.5) is 0 Å². The van der Waals surface area contributed by atoms with Crippen LogP contribution < -0.4 is 5.32 Å². The number of nitrogens with one attached hydrogen (secondary N) is 1. The van der Waals surface area contributed by atoms with E-state index in [0.29, 0.717) is 16.6 Å². The molecule has 1 aromatic heterocycles. The van der Waals surface area contributed by atoms with E-state index in [9.17, 15) is 0 Å². The van der Waals surface area contributed by atoms with Crippen molar-refractivity contribution in [1.82, 2.24) is 15.1 Å². The summed E-state index contributed by atoms with van der Waals surface area (Å²) in [6, 6.07) is 7.54. The average Bonchev–Trinajstić information content (AvgIpc) is 2.78. The molecule has 0 amide bonds. The van der Waals surface area contributed by atoms with Crippen LogP contribution in [0.15, 0.2) is 30.5 Å². The van der Waals surface area contributed by atoms with E-state index in [4.69, 9.17) is 23.2 Å². The summed E-state index contributed by atoms with van der Waals surface area (Å²) in [6.07, 6.45) is 1.80. The molecular formula is C15H19Cl2N3. The Labute approximate surface area is 129 Å². The van der Waals surface area contributed by atoms with Crippen molar-refractivity contribution in [2.24, 2.45) is 0 Å². The summed E-state index contributed by atoms with van der Waals surface area (Å²) in [5, 5.41) is 9.15. The molecule has 0 saturated heterocycles. The van der Waals surface area contributed by atoms with Gasteiger partial charge in [-0.2, -0.15) is 5.10 Å². The van der Waals surface area contributed by atoms with Gasteiger partial charge in [-0.05, 0) is 39.0 Å². The van der Waals surface area contributed by atoms with Crippen molar-refractivity contribution in [2.75, 3.05) is 0 Å². The van der Waals surface area contributed by atoms with Crippen molar-refractivity contribution >= 4 is 23.2 Å². The Morgan fingerprint density at radius 1 is 1.15 bits per heavy atom. The first-order valence-electron chi connectivity index (χ1n) is 6.55. The number of nitrogens with zero attached hydrogens (tertiary/aromatic N) is 2. The van der Waals surface area contributed by atoms with Crippen LogP contribution >= 0.6 is 23.2 Å². The van der Waals surface area contributed by atoms with Gasteiger partial charge < -0.3 is 5.32 Å². The van der Waals surface area contributed by atoms with E-state index in [2.05, 4.69) is 31.2 Å². The summed E-state index contributed by atoms with van der Waals surface area (Å²) < 4.78 is 1.92. The fraction of sp³-hybridized carbons (Fsp3) is 0.400. The predicted octanol–water partition coefficient (Wildman–Crippen LogP) is 4.13. The summed E-state index contributed by atoms with van der Waals surface area (Å²) in [6.45, 7) is 7.74. The van der Waals surface area contributed by atoms with Crippen molar-refractivity contribution in [3.05, 3.63) is 51.8 Å². The lowest BCUT2D eigenvalue weighted by Gasteiger charge is -2.21. The first kappa shape index (κ1) is 15.4. The molecule has 1 aromatic carbocycles. The van der Waals surface area contributed by atoms with Gasteiger partial charge in [0.05, 0.1) is 12.2 Å². The molecule has 2 rings (SSSR count). The maximum absolute atomic E-state index is 6.21. The van der Waals surface area contributed by atoms with Gasteiger partial charge in [0.25, 0.3) is 0 Å². The fourth-order valence-corrected chi connectivity index (χ4v) is 2.36. The Kier molecular flexibility index (Phi) is 4.74. The molecule has 0 fully saturated rings. The van der Waals surface area contributed by atoms with Crippen LogP contribution in [0.5, 0.6) is 0 Å². The van der Waals surface area contributed by atoms with Crippen LogP contribution in [-0.2, 0) is 13.1 Å². The Morgan fingerprint density at radius 3 is 2.40 bits per heavy atom. The molecule has 0 aliphatic heterocycles. The minimum Gasteiger partial charge on any atom is -0.306 e. The summed E-state index contributed by atoms with van der Waals surface area (Å²) in [7, 11) is 0. The number of rotatable bonds is 4. The van der Waals surface area contributed by atoms with Gasteiger partial charge in [-0.25, -0.2) is 0 Å². The topological polar surface area (TPSA) is 29.9 Å². The minimum absolute atomic E-state index is 0.0666. The quantitative estimate of drug-likeness (QED) is 0.920. The number of hydrogen-bond acceptors (Lipinski definition) is 2. The second-order valence-corrected chi connectivity index (χ2v) is 6.60. The SMILES string of the molecule is CC(C)(C)NCc1ccnn1Cc1c(Cl)cccc1Cl. The summed E-state index contributed by atoms with van der Waals surface area (Å²) in [5.74, 6) is 0. The number of benzene rings is 1. The smallest absolute Gasteiger partial charge is 0.0692 e. The van der Waals surface area contributed by atoms with Gasteiger partial charge >= 0.3 is 0 Å². The zero-order valence-corrected chi connectivity index (χ0v) is 13.5. The molecule has 108 valence electrons. The zero-order chi connectivity index (χ0) is 14.8. The van der Waals surface area contributed by atoms with Crippen LogP contribution in [0.25, 0.3) is 0 Å². The Hall–Kier alpha value is -1.03. The van der Waals surface area contributed by atoms with E-state index in [1.54, 1.807) is 6.20 Å². The molecule has 0 radical (unpaired) electrons. The number of aromatic nitrogens is 2. The van der Waals surface area contributed by atoms with Crippen LogP contribution in [0.3, 0.4) is 0 Å². The van der Waals surface area contributed by atoms with Crippen molar-refractivity contribution in [1.29, 1.82) is 0 Å². The molecule has 0 unspecified atom stereocenters. The number of hydrogen-bond donors (Lipinski definition) is 1. The first-order valence-corrected chi connectivity index (χ1v) is 7.31. The molecule has 0 aliphatic rings. The highest BCUT2D eigenvalue weighted by atomic mass is 35.5. The van der Waals surface area contributed by atoms with E-state index in [0.717, 1.165) is 17.8 Å². The monoisotopic (exact) mass is 311 g/mol. The lowest BCUT2D eigenvalue weighted by atomic mass is 10.1. The summed E-state index contributed by atoms with van der Waals surface area (Å²) in [4.78, 5) is 0. The average molecular weight is 312 g/mol. The largest absolute Gasteiger partial charge is 0.306 e. The highest BCUT2D eigenvalue weighted by Gasteiger charge is 2.12. The van der Waals surface area contributed by atoms with Gasteiger partial charge in [-0.1, -0.05) is 29.3 Å². The third kappa shape index (κ3) is 3.98. The predicted molar refractivity (Wildman–Crippen MR) is 84.4 cm³/mol. The molecule has 0 aliphatic carbocycles. The van der Waals surface area contributed by atoms with Crippen LogP contribution in [0, 0.1) is 0 Å². The van der Waals surface area contributed by atoms with Gasteiger partial charge in [0.15, 0.2) is 0 Å². The Bertz CT molecular complexity index is 565. The summed E-state index contributed by atoms with van der Waals surface area (Å²) >= 11 is 12.4. The van der Waals surface area contributed by atoms with E-state index < -0.39 is 0 Å². The van der Waals surface area contributed by atoms with Crippen LogP contribution in [-0.4, -0.2) is 15.3 Å². The Balaban J connectivity index is 2.17. The third-order valence-corrected chi connectivity index (χ3v) is 3.68. The fourth-order valence-electron chi connectivity index (χ4n) is 1.84. The maximum Gasteiger partial charge on any atom is 0.0692 e. The lowest BCUT2D eigenvalue weighted by molar-refractivity contribution is 0.414. The van der Waals surface area contributed by atoms with E-state index in [1.807, 2.05) is 28.9 Å². The maximum atomic E-state index is 6.21. The molecule has 0 atom stereocenters. The molecule has 20 heavy (non-hydrogen) atoms. The van der Waals surface area contributed by atoms with Gasteiger partial charge in [0.1, 0.15) is 0 Å². The van der Waals surface area contributed by atoms with Crippen molar-refractivity contribution in [2.45, 2.75) is 39.4 Å². The molecule has 5 heteroatoms. The summed E-state index contributed by atoms with van der Waals surface area (Å²) in [5.41, 5.74) is 2.07. The van der Waals surface area contributed by atoms with E-state index in [1.165, 1.54) is 0 Å². The van der Waals surface area contributed by atoms with Crippen molar-refractivity contribution in [3.63, 3.8) is 0 Å². The molecule has 0 saturated carbocycles. The second kappa shape index (κ2) is 6.17. The van der Waals surface area contributed by atoms with Gasteiger partial charge in [-0.3, -0.25) is 4.68 Å². The molecular weight excluding hydrogens is 293 g/mol. The molecule has 2 aromatic rings. The normalized spacial score (nSPS) is 11.8. The van der Waals surface area contributed by atoms with Gasteiger partial charge in [0.2, 0.25) is 0 Å². The Morgan fingerprint density at radius 2 is 1.80 bits per heavy atom. The van der Waals surface area contributed by atoms with E-state index in [-0.39, 0.29) is 5.54 Å². The first-order chi connectivity index (χ1) is 9.37. The zero-order valence-electron chi connectivity index (χ0n) is 12.0. The lowest BCUT2D eigenvalue weighted by Crippen LogP contribution is -2.35. The van der Waals surface area contributed by atoms with Gasteiger partial charge in [0, 0.05) is 33.9 Å². The highest BCUT2D eigenvalue weighted by molar-refractivity contribution is 6.35.